The van der Waals surface area contributed by atoms with Crippen LogP contribution < -0.4 is 0 Å². The van der Waals surface area contributed by atoms with Crippen LogP contribution in [0.15, 0.2) is 35.0 Å². The summed E-state index contributed by atoms with van der Waals surface area (Å²) in [4.78, 5) is 32.2. The van der Waals surface area contributed by atoms with Crippen LogP contribution in [0.2, 0.25) is 0 Å². The monoisotopic (exact) mass is 429 g/mol. The average molecular weight is 430 g/mol. The van der Waals surface area contributed by atoms with E-state index in [1.807, 2.05) is 35.0 Å². The zero-order valence-electron chi connectivity index (χ0n) is 16.1. The van der Waals surface area contributed by atoms with Crippen LogP contribution in [0.4, 0.5) is 0 Å². The number of nitrogens with zero attached hydrogens (tertiary/aromatic N) is 1. The third-order valence-corrected chi connectivity index (χ3v) is 8.59. The predicted octanol–water partition coefficient (Wildman–Crippen LogP) is 7.02. The van der Waals surface area contributed by atoms with E-state index in [-0.39, 0.29) is 11.8 Å². The van der Waals surface area contributed by atoms with Gasteiger partial charge in [0.05, 0.1) is 20.9 Å². The molecule has 1 unspecified atom stereocenters. The summed E-state index contributed by atoms with van der Waals surface area (Å²) in [6.07, 6.45) is 4.32. The predicted molar refractivity (Wildman–Crippen MR) is 120 cm³/mol. The van der Waals surface area contributed by atoms with Crippen molar-refractivity contribution in [3.8, 4) is 19.5 Å². The molecule has 146 valence electrons. The molecule has 3 nitrogen and oxygen atoms in total. The van der Waals surface area contributed by atoms with E-state index in [2.05, 4.69) is 13.8 Å². The van der Waals surface area contributed by atoms with Crippen molar-refractivity contribution in [3.05, 3.63) is 46.2 Å². The Balaban J connectivity index is 1.75. The first-order valence-electron chi connectivity index (χ1n) is 9.76. The second kappa shape index (κ2) is 8.31. The average Bonchev–Trinajstić information content (AvgIpc) is 3.48. The molecular formula is C22H23NO2S3. The maximum absolute atomic E-state index is 13.4. The minimum atomic E-state index is -0.114. The Morgan fingerprint density at radius 3 is 1.93 bits per heavy atom. The van der Waals surface area contributed by atoms with Gasteiger partial charge in [-0.2, -0.15) is 0 Å². The molecule has 0 spiro atoms. The van der Waals surface area contributed by atoms with E-state index in [1.54, 1.807) is 34.0 Å². The van der Waals surface area contributed by atoms with Gasteiger partial charge in [0.15, 0.2) is 0 Å². The van der Waals surface area contributed by atoms with Crippen molar-refractivity contribution in [3.63, 3.8) is 0 Å². The Labute approximate surface area is 177 Å². The van der Waals surface area contributed by atoms with E-state index >= 15 is 0 Å². The molecule has 1 aliphatic rings. The summed E-state index contributed by atoms with van der Waals surface area (Å²) in [5.41, 5.74) is 1.23. The fourth-order valence-electron chi connectivity index (χ4n) is 3.71. The van der Waals surface area contributed by atoms with Crippen LogP contribution in [0.3, 0.4) is 0 Å². The number of hydrogen-bond donors (Lipinski definition) is 0. The van der Waals surface area contributed by atoms with Crippen molar-refractivity contribution in [2.24, 2.45) is 5.92 Å². The van der Waals surface area contributed by atoms with Gasteiger partial charge >= 0.3 is 0 Å². The number of imide groups is 1. The lowest BCUT2D eigenvalue weighted by atomic mass is 9.99. The molecule has 1 atom stereocenters. The van der Waals surface area contributed by atoms with Crippen molar-refractivity contribution in [1.82, 2.24) is 4.90 Å². The van der Waals surface area contributed by atoms with Crippen LogP contribution in [-0.2, 0) is 0 Å². The molecule has 0 fully saturated rings. The molecule has 3 aromatic heterocycles. The first kappa shape index (κ1) is 19.6. The summed E-state index contributed by atoms with van der Waals surface area (Å²) in [6.45, 7) is 4.85. The molecule has 0 saturated carbocycles. The second-order valence-corrected chi connectivity index (χ2v) is 10.0. The molecule has 0 bridgehead atoms. The lowest BCUT2D eigenvalue weighted by Crippen LogP contribution is -2.34. The summed E-state index contributed by atoms with van der Waals surface area (Å²) in [6, 6.07) is 8.05. The van der Waals surface area contributed by atoms with Gasteiger partial charge in [0.25, 0.3) is 11.8 Å². The summed E-state index contributed by atoms with van der Waals surface area (Å²) >= 11 is 4.81. The van der Waals surface area contributed by atoms with Gasteiger partial charge in [-0.1, -0.05) is 45.2 Å². The normalized spacial score (nSPS) is 14.7. The van der Waals surface area contributed by atoms with Crippen LogP contribution in [-0.4, -0.2) is 23.3 Å². The van der Waals surface area contributed by atoms with Gasteiger partial charge in [-0.25, -0.2) is 0 Å². The molecule has 0 aromatic carbocycles. The smallest absolute Gasteiger partial charge is 0.263 e. The molecular weight excluding hydrogens is 406 g/mol. The van der Waals surface area contributed by atoms with Gasteiger partial charge in [0.2, 0.25) is 0 Å². The maximum atomic E-state index is 13.4. The third kappa shape index (κ3) is 3.38. The molecule has 28 heavy (non-hydrogen) atoms. The molecule has 0 aliphatic carbocycles. The van der Waals surface area contributed by atoms with Gasteiger partial charge in [-0.05, 0) is 35.2 Å². The number of rotatable bonds is 8. The molecule has 2 amide bonds. The summed E-state index contributed by atoms with van der Waals surface area (Å²) in [5, 5.41) is 4.03. The van der Waals surface area contributed by atoms with E-state index in [1.165, 1.54) is 4.90 Å². The molecule has 0 N–H and O–H groups in total. The largest absolute Gasteiger partial charge is 0.274 e. The Bertz CT molecular complexity index is 901. The maximum Gasteiger partial charge on any atom is 0.263 e. The standard InChI is InChI=1S/C22H23NO2S3/c1-3-5-8-14(4-2)13-23-21(24)17-18(22(23)25)20(16-10-7-12-27-16)28-19(17)15-9-6-11-26-15/h6-7,9-12,14H,3-5,8,13H2,1-2H3. The second-order valence-electron chi connectivity index (χ2n) is 7.10. The van der Waals surface area contributed by atoms with Crippen LogP contribution in [0, 0.1) is 5.92 Å². The van der Waals surface area contributed by atoms with Crippen molar-refractivity contribution < 1.29 is 9.59 Å². The van der Waals surface area contributed by atoms with Gasteiger partial charge < -0.3 is 0 Å². The fourth-order valence-corrected chi connectivity index (χ4v) is 6.71. The Morgan fingerprint density at radius 2 is 1.50 bits per heavy atom. The molecule has 0 saturated heterocycles. The summed E-state index contributed by atoms with van der Waals surface area (Å²) < 4.78 is 0. The first-order chi connectivity index (χ1) is 13.7. The Morgan fingerprint density at radius 1 is 0.929 bits per heavy atom. The van der Waals surface area contributed by atoms with Crippen molar-refractivity contribution in [2.75, 3.05) is 6.54 Å². The van der Waals surface area contributed by atoms with Crippen LogP contribution >= 0.6 is 34.0 Å². The molecule has 6 heteroatoms. The fraction of sp³-hybridized carbons (Fsp3) is 0.364. The number of fused-ring (bicyclic) bond motifs is 1. The zero-order chi connectivity index (χ0) is 19.7. The molecule has 1 aliphatic heterocycles. The lowest BCUT2D eigenvalue weighted by Gasteiger charge is -2.21. The number of amides is 2. The van der Waals surface area contributed by atoms with Gasteiger partial charge in [0.1, 0.15) is 0 Å². The molecule has 3 aromatic rings. The Kier molecular flexibility index (Phi) is 5.80. The zero-order valence-corrected chi connectivity index (χ0v) is 18.5. The highest BCUT2D eigenvalue weighted by molar-refractivity contribution is 7.26. The third-order valence-electron chi connectivity index (χ3n) is 5.30. The number of thiophene rings is 3. The van der Waals surface area contributed by atoms with Crippen molar-refractivity contribution in [2.45, 2.75) is 39.5 Å². The van der Waals surface area contributed by atoms with E-state index in [4.69, 9.17) is 0 Å². The number of carbonyl (C=O) groups is 2. The number of hydrogen-bond acceptors (Lipinski definition) is 5. The highest BCUT2D eigenvalue weighted by Gasteiger charge is 2.43. The van der Waals surface area contributed by atoms with E-state index in [0.717, 1.165) is 45.2 Å². The van der Waals surface area contributed by atoms with Gasteiger partial charge in [-0.15, -0.1) is 34.0 Å². The van der Waals surface area contributed by atoms with E-state index < -0.39 is 0 Å². The van der Waals surface area contributed by atoms with Crippen molar-refractivity contribution in [1.29, 1.82) is 0 Å². The molecule has 4 rings (SSSR count). The van der Waals surface area contributed by atoms with Gasteiger partial charge in [-0.3, -0.25) is 14.5 Å². The lowest BCUT2D eigenvalue weighted by molar-refractivity contribution is 0.0624. The summed E-state index contributed by atoms with van der Waals surface area (Å²) in [5.74, 6) is 0.144. The minimum absolute atomic E-state index is 0.114. The van der Waals surface area contributed by atoms with E-state index in [9.17, 15) is 9.59 Å². The quantitative estimate of drug-likeness (QED) is 0.361. The number of unbranched alkanes of at least 4 members (excludes halogenated alkanes) is 1. The summed E-state index contributed by atoms with van der Waals surface area (Å²) in [7, 11) is 0. The SMILES string of the molecule is CCCCC(CC)CN1C(=O)c2c(-c3cccs3)sc(-c3cccs3)c2C1=O. The van der Waals surface area contributed by atoms with Crippen LogP contribution in [0.25, 0.3) is 19.5 Å². The number of carbonyl (C=O) groups excluding carboxylic acids is 2. The highest BCUT2D eigenvalue weighted by atomic mass is 32.1. The topological polar surface area (TPSA) is 37.4 Å². The molecule has 0 radical (unpaired) electrons. The van der Waals surface area contributed by atoms with E-state index in [0.29, 0.717) is 23.6 Å². The highest BCUT2D eigenvalue weighted by Crippen LogP contribution is 2.48. The van der Waals surface area contributed by atoms with Crippen LogP contribution in [0.5, 0.6) is 0 Å². The van der Waals surface area contributed by atoms with Crippen LogP contribution in [0.1, 0.15) is 60.2 Å². The minimum Gasteiger partial charge on any atom is -0.274 e. The first-order valence-corrected chi connectivity index (χ1v) is 12.3. The molecule has 4 heterocycles. The Hall–Kier alpha value is -1.76. The van der Waals surface area contributed by atoms with Crippen molar-refractivity contribution >= 4 is 45.8 Å². The van der Waals surface area contributed by atoms with Gasteiger partial charge in [0, 0.05) is 16.3 Å².